The van der Waals surface area contributed by atoms with E-state index in [1.807, 2.05) is 19.1 Å². The predicted molar refractivity (Wildman–Crippen MR) is 89.9 cm³/mol. The largest absolute Gasteiger partial charge is 0.481 e. The van der Waals surface area contributed by atoms with E-state index in [1.165, 1.54) is 0 Å². The Bertz CT molecular complexity index is 777. The number of pyridine rings is 1. The van der Waals surface area contributed by atoms with Crippen molar-refractivity contribution in [1.82, 2.24) is 4.98 Å². The van der Waals surface area contributed by atoms with Gasteiger partial charge in [-0.1, -0.05) is 23.7 Å². The van der Waals surface area contributed by atoms with Crippen molar-refractivity contribution in [3.05, 3.63) is 58.9 Å². The number of aliphatic carboxylic acids is 1. The van der Waals surface area contributed by atoms with Gasteiger partial charge in [0, 0.05) is 17.4 Å². The van der Waals surface area contributed by atoms with E-state index in [9.17, 15) is 9.90 Å². The molecule has 23 heavy (non-hydrogen) atoms. The maximum absolute atomic E-state index is 11.8. The second kappa shape index (κ2) is 6.01. The summed E-state index contributed by atoms with van der Waals surface area (Å²) in [6, 6.07) is 8.73. The van der Waals surface area contributed by atoms with Crippen molar-refractivity contribution in [3.8, 4) is 0 Å². The number of aryl methyl sites for hydroxylation is 1. The highest BCUT2D eigenvalue weighted by atomic mass is 35.5. The van der Waals surface area contributed by atoms with Gasteiger partial charge in [-0.05, 0) is 43.2 Å². The highest BCUT2D eigenvalue weighted by molar-refractivity contribution is 6.30. The number of rotatable bonds is 3. The number of nitrogens with zero attached hydrogens (tertiary/aromatic N) is 3. The predicted octanol–water partition coefficient (Wildman–Crippen LogP) is 3.68. The molecule has 0 radical (unpaired) electrons. The molecule has 0 saturated heterocycles. The van der Waals surface area contributed by atoms with Crippen LogP contribution in [-0.4, -0.2) is 21.8 Å². The molecule has 0 bridgehead atoms. The highest BCUT2D eigenvalue weighted by Gasteiger charge is 2.42. The summed E-state index contributed by atoms with van der Waals surface area (Å²) in [5.41, 5.74) is 3.14. The van der Waals surface area contributed by atoms with Crippen LogP contribution in [0.5, 0.6) is 0 Å². The van der Waals surface area contributed by atoms with Crippen LogP contribution in [0.4, 0.5) is 5.69 Å². The van der Waals surface area contributed by atoms with Crippen LogP contribution in [0.15, 0.2) is 47.8 Å². The summed E-state index contributed by atoms with van der Waals surface area (Å²) in [6.07, 6.45) is 3.35. The number of halogens is 1. The third-order valence-electron chi connectivity index (χ3n) is 4.00. The molecule has 2 unspecified atom stereocenters. The van der Waals surface area contributed by atoms with Gasteiger partial charge in [-0.15, -0.1) is 0 Å². The number of carbonyl (C=O) groups is 1. The molecule has 0 amide bonds. The van der Waals surface area contributed by atoms with E-state index in [1.54, 1.807) is 42.5 Å². The Balaban J connectivity index is 2.14. The molecule has 1 N–H and O–H groups in total. The molecule has 1 aliphatic heterocycles. The fourth-order valence-corrected chi connectivity index (χ4v) is 3.06. The molecule has 3 rings (SSSR count). The van der Waals surface area contributed by atoms with Crippen LogP contribution in [0.2, 0.25) is 5.02 Å². The lowest BCUT2D eigenvalue weighted by molar-refractivity contribution is -0.139. The van der Waals surface area contributed by atoms with Crippen molar-refractivity contribution in [2.24, 2.45) is 11.0 Å². The first-order chi connectivity index (χ1) is 11.0. The topological polar surface area (TPSA) is 65.8 Å². The first-order valence-electron chi connectivity index (χ1n) is 7.22. The first kappa shape index (κ1) is 15.5. The Kier molecular flexibility index (Phi) is 4.05. The van der Waals surface area contributed by atoms with Crippen LogP contribution in [0, 0.1) is 12.8 Å². The van der Waals surface area contributed by atoms with Crippen LogP contribution in [0.1, 0.15) is 24.1 Å². The zero-order valence-corrected chi connectivity index (χ0v) is 13.5. The number of carboxylic acids is 1. The lowest BCUT2D eigenvalue weighted by Crippen LogP contribution is -2.30. The van der Waals surface area contributed by atoms with Crippen LogP contribution in [0.3, 0.4) is 0 Å². The van der Waals surface area contributed by atoms with Gasteiger partial charge in [-0.2, -0.15) is 5.10 Å². The Morgan fingerprint density at radius 2 is 2.09 bits per heavy atom. The molecule has 1 aliphatic rings. The van der Waals surface area contributed by atoms with Crippen LogP contribution in [-0.2, 0) is 4.79 Å². The molecule has 0 fully saturated rings. The summed E-state index contributed by atoms with van der Waals surface area (Å²) in [7, 11) is 0. The fraction of sp³-hybridized carbons (Fsp3) is 0.235. The van der Waals surface area contributed by atoms with Crippen molar-refractivity contribution in [2.45, 2.75) is 19.9 Å². The van der Waals surface area contributed by atoms with Crippen molar-refractivity contribution >= 4 is 29.0 Å². The van der Waals surface area contributed by atoms with Crippen molar-refractivity contribution in [1.29, 1.82) is 0 Å². The van der Waals surface area contributed by atoms with Gasteiger partial charge in [0.25, 0.3) is 0 Å². The zero-order chi connectivity index (χ0) is 16.6. The van der Waals surface area contributed by atoms with E-state index in [0.717, 1.165) is 16.8 Å². The molecule has 2 atom stereocenters. The monoisotopic (exact) mass is 329 g/mol. The smallest absolute Gasteiger partial charge is 0.314 e. The number of hydrogen-bond donors (Lipinski definition) is 1. The average molecular weight is 330 g/mol. The number of hydrazone groups is 1. The van der Waals surface area contributed by atoms with E-state index in [0.29, 0.717) is 10.7 Å². The quantitative estimate of drug-likeness (QED) is 0.932. The van der Waals surface area contributed by atoms with Crippen LogP contribution in [0.25, 0.3) is 0 Å². The number of benzene rings is 1. The molecular formula is C17H16ClN3O2. The van der Waals surface area contributed by atoms with Crippen LogP contribution < -0.4 is 5.01 Å². The van der Waals surface area contributed by atoms with Gasteiger partial charge < -0.3 is 5.11 Å². The fourth-order valence-electron chi connectivity index (χ4n) is 2.90. The SMILES string of the molecule is CC1=NN(c2cc(Cl)ccc2C)C(c2cccnc2)C1C(=O)O. The lowest BCUT2D eigenvalue weighted by atomic mass is 9.91. The maximum Gasteiger partial charge on any atom is 0.314 e. The molecule has 1 aromatic carbocycles. The van der Waals surface area contributed by atoms with Gasteiger partial charge in [-0.3, -0.25) is 14.8 Å². The lowest BCUT2D eigenvalue weighted by Gasteiger charge is -2.27. The van der Waals surface area contributed by atoms with Crippen LogP contribution >= 0.6 is 11.6 Å². The maximum atomic E-state index is 11.8. The second-order valence-electron chi connectivity index (χ2n) is 5.56. The third-order valence-corrected chi connectivity index (χ3v) is 4.24. The van der Waals surface area contributed by atoms with Gasteiger partial charge in [0.15, 0.2) is 0 Å². The second-order valence-corrected chi connectivity index (χ2v) is 6.00. The number of hydrogen-bond acceptors (Lipinski definition) is 4. The van der Waals surface area contributed by atoms with E-state index in [2.05, 4.69) is 10.1 Å². The van der Waals surface area contributed by atoms with Gasteiger partial charge >= 0.3 is 5.97 Å². The van der Waals surface area contributed by atoms with E-state index in [4.69, 9.17) is 11.6 Å². The normalized spacial score (nSPS) is 20.5. The van der Waals surface area contributed by atoms with Crippen molar-refractivity contribution in [3.63, 3.8) is 0 Å². The van der Waals surface area contributed by atoms with Gasteiger partial charge in [0.1, 0.15) is 5.92 Å². The summed E-state index contributed by atoms with van der Waals surface area (Å²) in [4.78, 5) is 15.9. The molecule has 0 aliphatic carbocycles. The first-order valence-corrected chi connectivity index (χ1v) is 7.60. The molecular weight excluding hydrogens is 314 g/mol. The van der Waals surface area contributed by atoms with E-state index < -0.39 is 17.9 Å². The van der Waals surface area contributed by atoms with Crippen molar-refractivity contribution in [2.75, 3.05) is 5.01 Å². The van der Waals surface area contributed by atoms with E-state index in [-0.39, 0.29) is 0 Å². The van der Waals surface area contributed by atoms with Gasteiger partial charge in [0.05, 0.1) is 17.4 Å². The van der Waals surface area contributed by atoms with Crippen molar-refractivity contribution < 1.29 is 9.90 Å². The minimum Gasteiger partial charge on any atom is -0.481 e. The summed E-state index contributed by atoms with van der Waals surface area (Å²) in [6.45, 7) is 3.69. The third kappa shape index (κ3) is 2.80. The molecule has 118 valence electrons. The Morgan fingerprint density at radius 1 is 1.30 bits per heavy atom. The van der Waals surface area contributed by atoms with Gasteiger partial charge in [0.2, 0.25) is 0 Å². The molecule has 2 aromatic rings. The molecule has 5 nitrogen and oxygen atoms in total. The van der Waals surface area contributed by atoms with Gasteiger partial charge in [-0.25, -0.2) is 0 Å². The molecule has 0 saturated carbocycles. The molecule has 0 spiro atoms. The Hall–Kier alpha value is -2.40. The summed E-state index contributed by atoms with van der Waals surface area (Å²) >= 11 is 6.12. The Labute approximate surface area is 139 Å². The number of anilines is 1. The molecule has 2 heterocycles. The average Bonchev–Trinajstić information content (AvgIpc) is 2.88. The minimum absolute atomic E-state index is 0.446. The Morgan fingerprint density at radius 3 is 2.74 bits per heavy atom. The highest BCUT2D eigenvalue weighted by Crippen LogP contribution is 2.40. The summed E-state index contributed by atoms with van der Waals surface area (Å²) < 4.78 is 0. The summed E-state index contributed by atoms with van der Waals surface area (Å²) in [5, 5.41) is 16.5. The molecule has 1 aromatic heterocycles. The number of aromatic nitrogens is 1. The number of carboxylic acid groups (broad SMARTS) is 1. The summed E-state index contributed by atoms with van der Waals surface area (Å²) in [5.74, 6) is -1.63. The minimum atomic E-state index is -0.901. The van der Waals surface area contributed by atoms with E-state index >= 15 is 0 Å². The molecule has 6 heteroatoms. The standard InChI is InChI=1S/C17H16ClN3O2/c1-10-5-6-13(18)8-14(10)21-16(12-4-3-7-19-9-12)15(17(22)23)11(2)20-21/h3-9,15-16H,1-2H3,(H,22,23). The zero-order valence-electron chi connectivity index (χ0n) is 12.8.